The van der Waals surface area contributed by atoms with E-state index in [4.69, 9.17) is 4.52 Å². The van der Waals surface area contributed by atoms with Crippen LogP contribution in [0.25, 0.3) is 0 Å². The first-order valence-electron chi connectivity index (χ1n) is 6.12. The van der Waals surface area contributed by atoms with Crippen molar-refractivity contribution in [2.75, 3.05) is 11.4 Å². The predicted octanol–water partition coefficient (Wildman–Crippen LogP) is 2.30. The van der Waals surface area contributed by atoms with Gasteiger partial charge in [-0.3, -0.25) is 9.59 Å². The maximum atomic E-state index is 12.4. The van der Waals surface area contributed by atoms with Crippen LogP contribution in [0.3, 0.4) is 0 Å². The van der Waals surface area contributed by atoms with Gasteiger partial charge >= 0.3 is 0 Å². The second kappa shape index (κ2) is 4.68. The van der Waals surface area contributed by atoms with Crippen molar-refractivity contribution in [1.82, 2.24) is 5.16 Å². The van der Waals surface area contributed by atoms with Gasteiger partial charge < -0.3 is 9.42 Å². The number of hydrogen-bond acceptors (Lipinski definition) is 4. The van der Waals surface area contributed by atoms with Crippen molar-refractivity contribution in [2.45, 2.75) is 12.8 Å². The van der Waals surface area contributed by atoms with Crippen LogP contribution in [0.5, 0.6) is 0 Å². The highest BCUT2D eigenvalue weighted by molar-refractivity contribution is 6.10. The van der Waals surface area contributed by atoms with E-state index in [9.17, 15) is 9.59 Å². The van der Waals surface area contributed by atoms with Gasteiger partial charge in [-0.1, -0.05) is 17.3 Å². The van der Waals surface area contributed by atoms with Crippen LogP contribution < -0.4 is 4.90 Å². The van der Waals surface area contributed by atoms with Crippen LogP contribution in [0.2, 0.25) is 0 Å². The third-order valence-electron chi connectivity index (χ3n) is 3.18. The Balaban J connectivity index is 2.04. The Morgan fingerprint density at radius 1 is 1.26 bits per heavy atom. The van der Waals surface area contributed by atoms with E-state index < -0.39 is 0 Å². The summed E-state index contributed by atoms with van der Waals surface area (Å²) in [6.07, 6.45) is 2.47. The van der Waals surface area contributed by atoms with Gasteiger partial charge in [-0.15, -0.1) is 0 Å². The quantitative estimate of drug-likeness (QED) is 0.785. The molecule has 0 saturated carbocycles. The van der Waals surface area contributed by atoms with Crippen LogP contribution >= 0.6 is 0 Å². The summed E-state index contributed by atoms with van der Waals surface area (Å²) in [5.41, 5.74) is 1.50. The van der Waals surface area contributed by atoms with Gasteiger partial charge in [0.1, 0.15) is 6.26 Å². The van der Waals surface area contributed by atoms with Gasteiger partial charge in [0.2, 0.25) is 0 Å². The van der Waals surface area contributed by atoms with E-state index in [0.29, 0.717) is 30.6 Å². The van der Waals surface area contributed by atoms with Crippen LogP contribution in [0.4, 0.5) is 5.69 Å². The average Bonchev–Trinajstić information content (AvgIpc) is 2.91. The zero-order valence-electron chi connectivity index (χ0n) is 10.2. The van der Waals surface area contributed by atoms with Crippen molar-refractivity contribution in [3.05, 3.63) is 47.9 Å². The number of fused-ring (bicyclic) bond motifs is 1. The minimum absolute atomic E-state index is 0.0750. The van der Waals surface area contributed by atoms with E-state index in [2.05, 4.69) is 5.16 Å². The summed E-state index contributed by atoms with van der Waals surface area (Å²) in [6, 6.07) is 8.70. The molecule has 96 valence electrons. The molecule has 0 atom stereocenters. The number of carbonyl (C=O) groups is 2. The highest BCUT2D eigenvalue weighted by Crippen LogP contribution is 2.27. The van der Waals surface area contributed by atoms with Crippen molar-refractivity contribution in [2.24, 2.45) is 0 Å². The molecule has 0 saturated heterocycles. The lowest BCUT2D eigenvalue weighted by Gasteiger charge is -2.21. The summed E-state index contributed by atoms with van der Waals surface area (Å²) in [7, 11) is 0. The number of anilines is 1. The van der Waals surface area contributed by atoms with Gasteiger partial charge in [0, 0.05) is 24.6 Å². The van der Waals surface area contributed by atoms with Crippen LogP contribution in [-0.2, 0) is 0 Å². The minimum Gasteiger partial charge on any atom is -0.364 e. The molecule has 1 aliphatic heterocycles. The molecule has 5 heteroatoms. The molecule has 2 aromatic rings. The van der Waals surface area contributed by atoms with Crippen LogP contribution in [0.15, 0.2) is 41.1 Å². The molecule has 0 unspecified atom stereocenters. The number of nitrogens with zero attached hydrogens (tertiary/aromatic N) is 2. The van der Waals surface area contributed by atoms with Crippen molar-refractivity contribution in [1.29, 1.82) is 0 Å². The second-order valence-corrected chi connectivity index (χ2v) is 4.39. The lowest BCUT2D eigenvalue weighted by molar-refractivity contribution is 0.0969. The average molecular weight is 256 g/mol. The fourth-order valence-corrected chi connectivity index (χ4v) is 2.27. The Morgan fingerprint density at radius 3 is 2.89 bits per heavy atom. The van der Waals surface area contributed by atoms with Gasteiger partial charge in [-0.05, 0) is 18.6 Å². The van der Waals surface area contributed by atoms with Crippen LogP contribution in [0, 0.1) is 0 Å². The second-order valence-electron chi connectivity index (χ2n) is 4.39. The number of Topliss-reactive ketones (excluding diaryl/α,β-unsaturated/α-hetero) is 1. The number of benzene rings is 1. The molecule has 0 spiro atoms. The number of para-hydroxylation sites is 1. The Kier molecular flexibility index (Phi) is 2.87. The zero-order chi connectivity index (χ0) is 13.2. The summed E-state index contributed by atoms with van der Waals surface area (Å²) in [5.74, 6) is -0.165. The molecule has 5 nitrogen and oxygen atoms in total. The highest BCUT2D eigenvalue weighted by atomic mass is 16.5. The monoisotopic (exact) mass is 256 g/mol. The molecule has 1 aromatic heterocycles. The van der Waals surface area contributed by atoms with Crippen molar-refractivity contribution < 1.29 is 14.1 Å². The summed E-state index contributed by atoms with van der Waals surface area (Å²) in [5, 5.41) is 3.66. The smallest absolute Gasteiger partial charge is 0.280 e. The first-order chi connectivity index (χ1) is 9.27. The molecular formula is C14H12N2O3. The topological polar surface area (TPSA) is 63.4 Å². The molecule has 0 fully saturated rings. The van der Waals surface area contributed by atoms with Gasteiger partial charge in [-0.2, -0.15) is 0 Å². The fourth-order valence-electron chi connectivity index (χ4n) is 2.27. The van der Waals surface area contributed by atoms with Crippen molar-refractivity contribution in [3.63, 3.8) is 0 Å². The first kappa shape index (κ1) is 11.6. The van der Waals surface area contributed by atoms with E-state index >= 15 is 0 Å². The number of aromatic nitrogens is 1. The Labute approximate surface area is 109 Å². The number of rotatable bonds is 1. The zero-order valence-corrected chi connectivity index (χ0v) is 10.2. The SMILES string of the molecule is O=C1CCCN(C(=O)c2ccon2)c2ccccc21. The van der Waals surface area contributed by atoms with E-state index in [0.717, 1.165) is 0 Å². The summed E-state index contributed by atoms with van der Waals surface area (Å²) < 4.78 is 4.70. The van der Waals surface area contributed by atoms with Gasteiger partial charge in [0.25, 0.3) is 5.91 Å². The number of carbonyl (C=O) groups excluding carboxylic acids is 2. The summed E-state index contributed by atoms with van der Waals surface area (Å²) in [6.45, 7) is 0.508. The predicted molar refractivity (Wildman–Crippen MR) is 68.2 cm³/mol. The lowest BCUT2D eigenvalue weighted by atomic mass is 10.1. The molecule has 1 amide bonds. The third kappa shape index (κ3) is 2.03. The van der Waals surface area contributed by atoms with Gasteiger partial charge in [0.05, 0.1) is 5.69 Å². The Bertz CT molecular complexity index is 619. The first-order valence-corrected chi connectivity index (χ1v) is 6.12. The molecule has 3 rings (SSSR count). The molecule has 19 heavy (non-hydrogen) atoms. The Morgan fingerprint density at radius 2 is 2.11 bits per heavy atom. The summed E-state index contributed by atoms with van der Waals surface area (Å²) >= 11 is 0. The molecule has 0 radical (unpaired) electrons. The molecule has 0 N–H and O–H groups in total. The van der Waals surface area contributed by atoms with Crippen molar-refractivity contribution in [3.8, 4) is 0 Å². The lowest BCUT2D eigenvalue weighted by Crippen LogP contribution is -2.32. The molecule has 1 aromatic carbocycles. The summed E-state index contributed by atoms with van der Waals surface area (Å²) in [4.78, 5) is 26.0. The van der Waals surface area contributed by atoms with Crippen molar-refractivity contribution >= 4 is 17.4 Å². The van der Waals surface area contributed by atoms with E-state index in [-0.39, 0.29) is 17.4 Å². The van der Waals surface area contributed by atoms with Crippen LogP contribution in [0.1, 0.15) is 33.7 Å². The van der Waals surface area contributed by atoms with Gasteiger partial charge in [-0.25, -0.2) is 0 Å². The number of hydrogen-bond donors (Lipinski definition) is 0. The maximum absolute atomic E-state index is 12.4. The number of amides is 1. The fraction of sp³-hybridized carbons (Fsp3) is 0.214. The maximum Gasteiger partial charge on any atom is 0.280 e. The normalized spacial score (nSPS) is 14.9. The van der Waals surface area contributed by atoms with Crippen LogP contribution in [-0.4, -0.2) is 23.4 Å². The molecule has 2 heterocycles. The number of ketones is 1. The Hall–Kier alpha value is -2.43. The third-order valence-corrected chi connectivity index (χ3v) is 3.18. The molecule has 0 aliphatic carbocycles. The molecular weight excluding hydrogens is 244 g/mol. The molecule has 0 bridgehead atoms. The van der Waals surface area contributed by atoms with Gasteiger partial charge in [0.15, 0.2) is 11.5 Å². The van der Waals surface area contributed by atoms with E-state index in [1.165, 1.54) is 12.3 Å². The highest BCUT2D eigenvalue weighted by Gasteiger charge is 2.26. The largest absolute Gasteiger partial charge is 0.364 e. The standard InChI is InChI=1S/C14H12N2O3/c17-13-6-3-8-16(12-5-2-1-4-10(12)13)14(18)11-7-9-19-15-11/h1-2,4-5,7,9H,3,6,8H2. The van der Waals surface area contributed by atoms with E-state index in [1.54, 1.807) is 23.1 Å². The minimum atomic E-state index is -0.240. The van der Waals surface area contributed by atoms with E-state index in [1.807, 2.05) is 6.07 Å². The molecule has 1 aliphatic rings.